The Balaban J connectivity index is 0.000000136. The van der Waals surface area contributed by atoms with Gasteiger partial charge in [0.15, 0.2) is 0 Å². The number of aryl methyl sites for hydroxylation is 2. The Morgan fingerprint density at radius 2 is 1.05 bits per heavy atom. The van der Waals surface area contributed by atoms with Gasteiger partial charge in [0.2, 0.25) is 0 Å². The Bertz CT molecular complexity index is 1250. The van der Waals surface area contributed by atoms with Crippen molar-refractivity contribution in [3.05, 3.63) is 113 Å². The molecule has 0 radical (unpaired) electrons. The minimum Gasteiger partial charge on any atom is -0.260 e. The van der Waals surface area contributed by atoms with Gasteiger partial charge in [-0.15, -0.1) is 0 Å². The summed E-state index contributed by atoms with van der Waals surface area (Å²) < 4.78 is 0. The monoisotopic (exact) mass is 519 g/mol. The molecule has 0 fully saturated rings. The fraction of sp³-hybridized carbons (Fsp3) is 0.447. The summed E-state index contributed by atoms with van der Waals surface area (Å²) in [5, 5.41) is 2.49. The quantitative estimate of drug-likeness (QED) is 0.262. The molecule has 1 heteroatoms. The zero-order valence-electron chi connectivity index (χ0n) is 25.2. The SMILES string of the molecule is CC(C)C1CCCc2ccccc21.CC(C)[C@H]1CCCc2ccccc21.CC(C)c1cc2ccccc2cn1. The maximum absolute atomic E-state index is 4.41. The molecule has 3 aromatic carbocycles. The number of hydrogen-bond acceptors (Lipinski definition) is 1. The van der Waals surface area contributed by atoms with E-state index in [1.165, 1.54) is 55.0 Å². The molecule has 1 aromatic heterocycles. The second-order valence-electron chi connectivity index (χ2n) is 12.5. The Hall–Kier alpha value is -2.93. The summed E-state index contributed by atoms with van der Waals surface area (Å²) in [6.45, 7) is 13.7. The standard InChI is InChI=1S/2C13H18.C12H13N/c2*1-10(2)12-9-5-7-11-6-3-4-8-13(11)12;1-9(2)12-7-10-5-3-4-6-11(10)8-13-12/h2*3-4,6,8,10,12H,5,7,9H2,1-2H3;3-9H,1-2H3/t12-;;/m1../s1. The van der Waals surface area contributed by atoms with Crippen LogP contribution in [-0.2, 0) is 12.8 Å². The third-order valence-electron chi connectivity index (χ3n) is 8.68. The van der Waals surface area contributed by atoms with E-state index in [1.807, 2.05) is 12.3 Å². The van der Waals surface area contributed by atoms with E-state index in [4.69, 9.17) is 0 Å². The Morgan fingerprint density at radius 3 is 1.54 bits per heavy atom. The zero-order chi connectivity index (χ0) is 27.8. The summed E-state index contributed by atoms with van der Waals surface area (Å²) in [7, 11) is 0. The van der Waals surface area contributed by atoms with Crippen LogP contribution in [0.25, 0.3) is 10.8 Å². The van der Waals surface area contributed by atoms with Crippen LogP contribution < -0.4 is 0 Å². The summed E-state index contributed by atoms with van der Waals surface area (Å²) in [5.41, 5.74) is 7.58. The first-order valence-electron chi connectivity index (χ1n) is 15.4. The molecule has 2 atom stereocenters. The molecule has 1 unspecified atom stereocenters. The highest BCUT2D eigenvalue weighted by atomic mass is 14.7. The van der Waals surface area contributed by atoms with Crippen LogP contribution in [0.3, 0.4) is 0 Å². The topological polar surface area (TPSA) is 12.9 Å². The first-order valence-corrected chi connectivity index (χ1v) is 15.4. The van der Waals surface area contributed by atoms with E-state index >= 15 is 0 Å². The molecule has 0 saturated carbocycles. The lowest BCUT2D eigenvalue weighted by atomic mass is 9.77. The van der Waals surface area contributed by atoms with Gasteiger partial charge in [-0.3, -0.25) is 4.98 Å². The summed E-state index contributed by atoms with van der Waals surface area (Å²) in [6, 6.07) is 28.4. The van der Waals surface area contributed by atoms with Crippen molar-refractivity contribution in [2.45, 2.75) is 97.8 Å². The molecule has 0 aliphatic heterocycles. The second kappa shape index (κ2) is 13.9. The minimum atomic E-state index is 0.504. The van der Waals surface area contributed by atoms with Gasteiger partial charge in [0.05, 0.1) is 0 Å². The van der Waals surface area contributed by atoms with Gasteiger partial charge in [-0.2, -0.15) is 0 Å². The van der Waals surface area contributed by atoms with Crippen molar-refractivity contribution < 1.29 is 0 Å². The minimum absolute atomic E-state index is 0.504. The van der Waals surface area contributed by atoms with Crippen molar-refractivity contribution in [3.63, 3.8) is 0 Å². The molecule has 0 saturated heterocycles. The van der Waals surface area contributed by atoms with Crippen molar-refractivity contribution in [3.8, 4) is 0 Å². The Kier molecular flexibility index (Phi) is 10.4. The molecule has 39 heavy (non-hydrogen) atoms. The molecule has 0 bridgehead atoms. The highest BCUT2D eigenvalue weighted by molar-refractivity contribution is 5.81. The lowest BCUT2D eigenvalue weighted by molar-refractivity contribution is 0.433. The van der Waals surface area contributed by atoms with Crippen LogP contribution in [0.15, 0.2) is 85.1 Å². The van der Waals surface area contributed by atoms with Crippen LogP contribution in [0.5, 0.6) is 0 Å². The molecular formula is C38H49N. The van der Waals surface area contributed by atoms with E-state index in [2.05, 4.69) is 119 Å². The Labute approximate surface area is 238 Å². The molecular weight excluding hydrogens is 470 g/mol. The van der Waals surface area contributed by atoms with Gasteiger partial charge in [0, 0.05) is 17.3 Å². The van der Waals surface area contributed by atoms with Crippen LogP contribution in [0.1, 0.15) is 113 Å². The van der Waals surface area contributed by atoms with Crippen LogP contribution in [0.4, 0.5) is 0 Å². The number of benzene rings is 3. The van der Waals surface area contributed by atoms with Gasteiger partial charge in [-0.1, -0.05) is 114 Å². The molecule has 2 aliphatic rings. The molecule has 0 spiro atoms. The molecule has 0 N–H and O–H groups in total. The van der Waals surface area contributed by atoms with Crippen molar-refractivity contribution in [1.82, 2.24) is 4.98 Å². The number of rotatable bonds is 3. The van der Waals surface area contributed by atoms with E-state index in [1.54, 1.807) is 22.3 Å². The fourth-order valence-electron chi connectivity index (χ4n) is 6.38. The first-order chi connectivity index (χ1) is 18.8. The normalized spacial score (nSPS) is 18.1. The van der Waals surface area contributed by atoms with E-state index in [0.717, 1.165) is 23.7 Å². The van der Waals surface area contributed by atoms with Gasteiger partial charge >= 0.3 is 0 Å². The van der Waals surface area contributed by atoms with Gasteiger partial charge in [0.25, 0.3) is 0 Å². The van der Waals surface area contributed by atoms with Gasteiger partial charge in [-0.05, 0) is 102 Å². The Morgan fingerprint density at radius 1 is 0.590 bits per heavy atom. The van der Waals surface area contributed by atoms with Gasteiger partial charge in [0.1, 0.15) is 0 Å². The lowest BCUT2D eigenvalue weighted by Crippen LogP contribution is -2.14. The largest absolute Gasteiger partial charge is 0.260 e. The number of aromatic nitrogens is 1. The van der Waals surface area contributed by atoms with E-state index in [-0.39, 0.29) is 0 Å². The smallest absolute Gasteiger partial charge is 0.0435 e. The van der Waals surface area contributed by atoms with Crippen LogP contribution >= 0.6 is 0 Å². The summed E-state index contributed by atoms with van der Waals surface area (Å²) >= 11 is 0. The number of fused-ring (bicyclic) bond motifs is 3. The van der Waals surface area contributed by atoms with E-state index in [9.17, 15) is 0 Å². The van der Waals surface area contributed by atoms with Crippen molar-refractivity contribution in [2.24, 2.45) is 11.8 Å². The first kappa shape index (κ1) is 29.1. The predicted molar refractivity (Wildman–Crippen MR) is 170 cm³/mol. The summed E-state index contributed by atoms with van der Waals surface area (Å²) in [6.07, 6.45) is 10.0. The van der Waals surface area contributed by atoms with Crippen LogP contribution in [0.2, 0.25) is 0 Å². The zero-order valence-corrected chi connectivity index (χ0v) is 25.2. The summed E-state index contributed by atoms with van der Waals surface area (Å²) in [5.74, 6) is 3.71. The van der Waals surface area contributed by atoms with E-state index in [0.29, 0.717) is 5.92 Å². The summed E-state index contributed by atoms with van der Waals surface area (Å²) in [4.78, 5) is 4.41. The molecule has 6 rings (SSSR count). The van der Waals surface area contributed by atoms with Gasteiger partial charge in [-0.25, -0.2) is 0 Å². The van der Waals surface area contributed by atoms with Crippen LogP contribution in [-0.4, -0.2) is 4.98 Å². The third-order valence-corrected chi connectivity index (χ3v) is 8.68. The maximum atomic E-state index is 4.41. The van der Waals surface area contributed by atoms with Crippen molar-refractivity contribution in [1.29, 1.82) is 0 Å². The molecule has 206 valence electrons. The average molecular weight is 520 g/mol. The number of nitrogens with zero attached hydrogens (tertiary/aromatic N) is 1. The molecule has 1 heterocycles. The van der Waals surface area contributed by atoms with E-state index < -0.39 is 0 Å². The maximum Gasteiger partial charge on any atom is 0.0435 e. The molecule has 2 aliphatic carbocycles. The highest BCUT2D eigenvalue weighted by Crippen LogP contribution is 2.37. The molecule has 4 aromatic rings. The van der Waals surface area contributed by atoms with Crippen molar-refractivity contribution >= 4 is 10.8 Å². The number of pyridine rings is 1. The van der Waals surface area contributed by atoms with Gasteiger partial charge < -0.3 is 0 Å². The second-order valence-corrected chi connectivity index (χ2v) is 12.5. The number of hydrogen-bond donors (Lipinski definition) is 0. The third kappa shape index (κ3) is 7.59. The van der Waals surface area contributed by atoms with Crippen LogP contribution in [0, 0.1) is 11.8 Å². The predicted octanol–water partition coefficient (Wildman–Crippen LogP) is 10.9. The molecule has 0 amide bonds. The molecule has 1 nitrogen and oxygen atoms in total. The fourth-order valence-corrected chi connectivity index (χ4v) is 6.38. The highest BCUT2D eigenvalue weighted by Gasteiger charge is 2.22. The van der Waals surface area contributed by atoms with Crippen molar-refractivity contribution in [2.75, 3.05) is 0 Å². The lowest BCUT2D eigenvalue weighted by Gasteiger charge is -2.28. The average Bonchev–Trinajstić information content (AvgIpc) is 2.96.